The largest absolute Gasteiger partial charge is 0.472 e. The van der Waals surface area contributed by atoms with Gasteiger partial charge in [0.05, 0.1) is 39.9 Å². The van der Waals surface area contributed by atoms with Crippen LogP contribution in [-0.2, 0) is 18.4 Å². The molecule has 3 unspecified atom stereocenters. The Morgan fingerprint density at radius 2 is 0.896 bits per heavy atom. The van der Waals surface area contributed by atoms with Crippen LogP contribution in [0.1, 0.15) is 174 Å². The van der Waals surface area contributed by atoms with Crippen molar-refractivity contribution in [1.29, 1.82) is 0 Å². The van der Waals surface area contributed by atoms with Gasteiger partial charge in [-0.2, -0.15) is 0 Å². The van der Waals surface area contributed by atoms with Crippen LogP contribution < -0.4 is 5.32 Å². The summed E-state index contributed by atoms with van der Waals surface area (Å²) >= 11 is 0. The molecule has 0 bridgehead atoms. The fourth-order valence-electron chi connectivity index (χ4n) is 6.58. The summed E-state index contributed by atoms with van der Waals surface area (Å²) in [6.07, 6.45) is 72.4. The van der Waals surface area contributed by atoms with Gasteiger partial charge in [0.1, 0.15) is 13.2 Å². The third-order valence-corrected chi connectivity index (χ3v) is 11.6. The monoisotopic (exact) mass is 950 g/mol. The van der Waals surface area contributed by atoms with Gasteiger partial charge in [-0.05, 0) is 96.3 Å². The quantitative estimate of drug-likeness (QED) is 0.0243. The van der Waals surface area contributed by atoms with Crippen LogP contribution in [0.5, 0.6) is 0 Å². The van der Waals surface area contributed by atoms with E-state index < -0.39 is 20.0 Å². The molecule has 0 aromatic heterocycles. The molecule has 0 saturated carbocycles. The molecule has 0 aliphatic rings. The average molecular weight is 950 g/mol. The summed E-state index contributed by atoms with van der Waals surface area (Å²) in [6.45, 7) is 4.68. The van der Waals surface area contributed by atoms with Crippen molar-refractivity contribution in [3.63, 3.8) is 0 Å². The number of aliphatic hydroxyl groups is 1. The Labute approximate surface area is 411 Å². The summed E-state index contributed by atoms with van der Waals surface area (Å²) in [5, 5.41) is 13.9. The van der Waals surface area contributed by atoms with Crippen LogP contribution in [0.3, 0.4) is 0 Å². The molecule has 0 rings (SSSR count). The third kappa shape index (κ3) is 50.3. The van der Waals surface area contributed by atoms with Gasteiger partial charge in [0, 0.05) is 6.42 Å². The number of carbonyl (C=O) groups excluding carboxylic acids is 1. The van der Waals surface area contributed by atoms with Crippen molar-refractivity contribution in [2.45, 2.75) is 187 Å². The maximum atomic E-state index is 12.9. The molecule has 67 heavy (non-hydrogen) atoms. The van der Waals surface area contributed by atoms with E-state index in [0.29, 0.717) is 23.9 Å². The summed E-state index contributed by atoms with van der Waals surface area (Å²) in [7, 11) is 1.57. The number of nitrogens with one attached hydrogen (secondary N) is 1. The summed E-state index contributed by atoms with van der Waals surface area (Å²) in [6, 6.07) is -0.786. The van der Waals surface area contributed by atoms with Gasteiger partial charge in [-0.25, -0.2) is 4.57 Å². The minimum Gasteiger partial charge on any atom is -0.391 e. The van der Waals surface area contributed by atoms with E-state index in [1.807, 2.05) is 21.1 Å². The number of carbonyl (C=O) groups is 1. The van der Waals surface area contributed by atoms with Crippen molar-refractivity contribution in [2.24, 2.45) is 0 Å². The molecule has 1 amide bonds. The number of nitrogens with zero attached hydrogens (tertiary/aromatic N) is 1. The average Bonchev–Trinajstić information content (AvgIpc) is 3.29. The highest BCUT2D eigenvalue weighted by Crippen LogP contribution is 2.43. The van der Waals surface area contributed by atoms with Gasteiger partial charge < -0.3 is 19.8 Å². The van der Waals surface area contributed by atoms with E-state index in [2.05, 4.69) is 153 Å². The Bertz CT molecular complexity index is 1540. The van der Waals surface area contributed by atoms with Crippen molar-refractivity contribution in [3.8, 4) is 0 Å². The lowest BCUT2D eigenvalue weighted by Gasteiger charge is -2.26. The minimum absolute atomic E-state index is 0.0599. The molecule has 0 aromatic carbocycles. The van der Waals surface area contributed by atoms with Gasteiger partial charge >= 0.3 is 7.82 Å². The van der Waals surface area contributed by atoms with Crippen LogP contribution in [0, 0.1) is 0 Å². The SMILES string of the molecule is CC/C=C\C/C=C\C/C=C\C/C=C\C/C=C\C/C=C\C/C=C\C/C=C\C/C=C\C/C=C\C/C=C\CCCCCC(=O)NC(COP(=O)(O)OCC[N+](C)(C)C)C(O)CCCCCCCCCC. The van der Waals surface area contributed by atoms with E-state index in [0.717, 1.165) is 116 Å². The van der Waals surface area contributed by atoms with Crippen LogP contribution in [0.2, 0.25) is 0 Å². The number of aliphatic hydroxyl groups excluding tert-OH is 1. The van der Waals surface area contributed by atoms with Crippen LogP contribution in [0.25, 0.3) is 0 Å². The fraction of sp³-hybridized carbons (Fsp3) is 0.603. The van der Waals surface area contributed by atoms with Crippen LogP contribution in [0.15, 0.2) is 134 Å². The molecule has 380 valence electrons. The number of hydrogen-bond donors (Lipinski definition) is 3. The van der Waals surface area contributed by atoms with Gasteiger partial charge in [0.2, 0.25) is 5.91 Å². The first kappa shape index (κ1) is 63.6. The van der Waals surface area contributed by atoms with E-state index in [9.17, 15) is 19.4 Å². The molecule has 3 atom stereocenters. The summed E-state index contributed by atoms with van der Waals surface area (Å²) in [5.41, 5.74) is 0. The molecule has 0 aromatic rings. The molecular weight excluding hydrogens is 852 g/mol. The number of hydrogen-bond acceptors (Lipinski definition) is 5. The summed E-state index contributed by atoms with van der Waals surface area (Å²) < 4.78 is 23.5. The number of rotatable bonds is 45. The molecule has 0 saturated heterocycles. The second-order valence-corrected chi connectivity index (χ2v) is 19.6. The van der Waals surface area contributed by atoms with Gasteiger partial charge in [0.25, 0.3) is 0 Å². The maximum absolute atomic E-state index is 12.9. The molecule has 0 heterocycles. The summed E-state index contributed by atoms with van der Waals surface area (Å²) in [4.78, 5) is 23.1. The highest BCUT2D eigenvalue weighted by Gasteiger charge is 2.28. The van der Waals surface area contributed by atoms with Crippen LogP contribution >= 0.6 is 7.82 Å². The molecule has 8 nitrogen and oxygen atoms in total. The first-order chi connectivity index (χ1) is 32.5. The second kappa shape index (κ2) is 47.7. The van der Waals surface area contributed by atoms with Crippen molar-refractivity contribution in [3.05, 3.63) is 134 Å². The molecule has 0 spiro atoms. The Balaban J connectivity index is 4.16. The highest BCUT2D eigenvalue weighted by molar-refractivity contribution is 7.47. The van der Waals surface area contributed by atoms with Gasteiger partial charge in [0.15, 0.2) is 0 Å². The fourth-order valence-corrected chi connectivity index (χ4v) is 7.31. The third-order valence-electron chi connectivity index (χ3n) is 10.7. The first-order valence-electron chi connectivity index (χ1n) is 26.0. The zero-order valence-electron chi connectivity index (χ0n) is 43.1. The maximum Gasteiger partial charge on any atom is 0.472 e. The van der Waals surface area contributed by atoms with Crippen molar-refractivity contribution in [1.82, 2.24) is 5.32 Å². The lowest BCUT2D eigenvalue weighted by Crippen LogP contribution is -2.46. The molecule has 0 fully saturated rings. The molecule has 0 aliphatic carbocycles. The minimum atomic E-state index is -4.33. The number of unbranched alkanes of at least 4 members (excludes halogenated alkanes) is 10. The Kier molecular flexibility index (Phi) is 45.3. The first-order valence-corrected chi connectivity index (χ1v) is 27.5. The van der Waals surface area contributed by atoms with Gasteiger partial charge in [-0.1, -0.05) is 205 Å². The molecule has 3 N–H and O–H groups in total. The highest BCUT2D eigenvalue weighted by atomic mass is 31.2. The Morgan fingerprint density at radius 3 is 1.30 bits per heavy atom. The van der Waals surface area contributed by atoms with Crippen molar-refractivity contribution < 1.29 is 32.9 Å². The molecular formula is C58H98N2O6P+. The number of likely N-dealkylation sites (N-methyl/N-ethyl adjacent to an activating group) is 1. The normalized spacial score (nSPS) is 15.1. The number of phosphoric ester groups is 1. The number of phosphoric acid groups is 1. The van der Waals surface area contributed by atoms with Gasteiger partial charge in [-0.3, -0.25) is 13.8 Å². The standard InChI is InChI=1S/C58H97N2O6P/c1-6-8-10-12-14-16-17-18-19-20-21-22-23-24-25-26-27-28-29-30-31-32-33-34-35-36-37-38-39-40-41-42-43-44-46-48-50-52-58(62)59-56(55-66-67(63,64)65-54-53-60(3,4)5)57(61)51-49-47-45-15-13-11-9-7-2/h8,10,14,16,18-19,21-22,24-25,27-28,30-31,33-34,36-37,39-40,42-43,56-57,61H,6-7,9,11-13,15,17,20,23,26,29,32,35,38,41,44-55H2,1-5H3,(H-,59,62,63,64)/p+1/b10-8-,16-14-,19-18-,22-21-,25-24-,28-27-,31-30-,34-33-,37-36-,40-39-,43-42-. The lowest BCUT2D eigenvalue weighted by molar-refractivity contribution is -0.870. The van der Waals surface area contributed by atoms with Crippen molar-refractivity contribution >= 4 is 13.7 Å². The number of amides is 1. The summed E-state index contributed by atoms with van der Waals surface area (Å²) in [5.74, 6) is -0.186. The van der Waals surface area contributed by atoms with E-state index in [1.54, 1.807) is 0 Å². The predicted octanol–water partition coefficient (Wildman–Crippen LogP) is 15.6. The topological polar surface area (TPSA) is 105 Å². The smallest absolute Gasteiger partial charge is 0.391 e. The second-order valence-electron chi connectivity index (χ2n) is 18.2. The van der Waals surface area contributed by atoms with Crippen molar-refractivity contribution in [2.75, 3.05) is 40.9 Å². The van der Waals surface area contributed by atoms with E-state index in [4.69, 9.17) is 9.05 Å². The number of allylic oxidation sites excluding steroid dienone is 22. The predicted molar refractivity (Wildman–Crippen MR) is 290 cm³/mol. The van der Waals surface area contributed by atoms with Crippen LogP contribution in [-0.4, -0.2) is 73.4 Å². The molecule has 9 heteroatoms. The zero-order valence-corrected chi connectivity index (χ0v) is 44.0. The molecule has 0 radical (unpaired) electrons. The van der Waals surface area contributed by atoms with Crippen LogP contribution in [0.4, 0.5) is 0 Å². The lowest BCUT2D eigenvalue weighted by atomic mass is 10.0. The Morgan fingerprint density at radius 1 is 0.522 bits per heavy atom. The van der Waals surface area contributed by atoms with E-state index in [1.165, 1.54) is 32.1 Å². The Hall–Kier alpha value is -3.36. The van der Waals surface area contributed by atoms with E-state index in [-0.39, 0.29) is 19.1 Å². The zero-order chi connectivity index (χ0) is 49.2. The molecule has 0 aliphatic heterocycles. The van der Waals surface area contributed by atoms with E-state index >= 15 is 0 Å². The van der Waals surface area contributed by atoms with Gasteiger partial charge in [-0.15, -0.1) is 0 Å². The number of quaternary nitrogens is 1.